The zero-order valence-corrected chi connectivity index (χ0v) is 15.8. The maximum atomic E-state index is 13.8. The maximum absolute atomic E-state index is 13.8. The number of para-hydroxylation sites is 1. The summed E-state index contributed by atoms with van der Waals surface area (Å²) in [6.07, 6.45) is 0. The van der Waals surface area contributed by atoms with Crippen LogP contribution in [-0.4, -0.2) is 15.7 Å². The molecule has 0 atom stereocenters. The lowest BCUT2D eigenvalue weighted by Gasteiger charge is -2.06. The minimum Gasteiger partial charge on any atom is -0.319 e. The molecule has 0 unspecified atom stereocenters. The van der Waals surface area contributed by atoms with E-state index in [2.05, 4.69) is 10.4 Å². The van der Waals surface area contributed by atoms with Gasteiger partial charge in [-0.2, -0.15) is 5.10 Å². The first-order valence-electron chi connectivity index (χ1n) is 8.05. The number of fused-ring (bicyclic) bond motifs is 1. The fourth-order valence-corrected chi connectivity index (χ4v) is 4.04. The SMILES string of the molecule is Cc1nn(-c2ccccc2Cl)c2sc(C(=O)Nc3ccc(F)c(F)c3F)cc12. The van der Waals surface area contributed by atoms with Gasteiger partial charge in [0.25, 0.3) is 5.91 Å². The van der Waals surface area contributed by atoms with E-state index in [0.29, 0.717) is 21.2 Å². The Morgan fingerprint density at radius 2 is 1.89 bits per heavy atom. The molecule has 4 rings (SSSR count). The molecule has 9 heteroatoms. The molecular formula is C19H11ClF3N3OS. The van der Waals surface area contributed by atoms with Crippen molar-refractivity contribution in [2.75, 3.05) is 5.32 Å². The highest BCUT2D eigenvalue weighted by Gasteiger charge is 2.20. The molecule has 4 nitrogen and oxygen atoms in total. The summed E-state index contributed by atoms with van der Waals surface area (Å²) in [6, 6.07) is 10.5. The molecule has 0 aliphatic rings. The van der Waals surface area contributed by atoms with Gasteiger partial charge in [-0.15, -0.1) is 11.3 Å². The molecule has 0 saturated heterocycles. The third-order valence-electron chi connectivity index (χ3n) is 4.13. The monoisotopic (exact) mass is 421 g/mol. The lowest BCUT2D eigenvalue weighted by molar-refractivity contribution is 0.103. The lowest BCUT2D eigenvalue weighted by Crippen LogP contribution is -2.12. The van der Waals surface area contributed by atoms with Crippen molar-refractivity contribution in [3.63, 3.8) is 0 Å². The number of hydrogen-bond donors (Lipinski definition) is 1. The van der Waals surface area contributed by atoms with Crippen LogP contribution in [0.1, 0.15) is 15.4 Å². The number of carbonyl (C=O) groups excluding carboxylic acids is 1. The second-order valence-electron chi connectivity index (χ2n) is 5.96. The van der Waals surface area contributed by atoms with Gasteiger partial charge in [0.15, 0.2) is 17.5 Å². The van der Waals surface area contributed by atoms with E-state index in [9.17, 15) is 18.0 Å². The molecule has 2 heterocycles. The summed E-state index contributed by atoms with van der Waals surface area (Å²) in [5.41, 5.74) is 0.901. The molecule has 0 fully saturated rings. The summed E-state index contributed by atoms with van der Waals surface area (Å²) >= 11 is 7.38. The van der Waals surface area contributed by atoms with Crippen molar-refractivity contribution < 1.29 is 18.0 Å². The molecule has 0 radical (unpaired) electrons. The number of thiophene rings is 1. The lowest BCUT2D eigenvalue weighted by atomic mass is 10.2. The van der Waals surface area contributed by atoms with E-state index in [1.54, 1.807) is 35.9 Å². The average molecular weight is 422 g/mol. The molecule has 1 amide bonds. The Morgan fingerprint density at radius 1 is 1.14 bits per heavy atom. The Morgan fingerprint density at radius 3 is 2.64 bits per heavy atom. The third kappa shape index (κ3) is 3.04. The van der Waals surface area contributed by atoms with Gasteiger partial charge in [0.2, 0.25) is 0 Å². The summed E-state index contributed by atoms with van der Waals surface area (Å²) in [6.45, 7) is 1.79. The van der Waals surface area contributed by atoms with E-state index < -0.39 is 29.0 Å². The van der Waals surface area contributed by atoms with Crippen LogP contribution in [0.15, 0.2) is 42.5 Å². The quantitative estimate of drug-likeness (QED) is 0.430. The van der Waals surface area contributed by atoms with E-state index in [0.717, 1.165) is 28.9 Å². The fraction of sp³-hybridized carbons (Fsp3) is 0.0526. The first-order valence-corrected chi connectivity index (χ1v) is 9.25. The maximum Gasteiger partial charge on any atom is 0.265 e. The van der Waals surface area contributed by atoms with Gasteiger partial charge in [0.05, 0.1) is 27.0 Å². The van der Waals surface area contributed by atoms with Crippen molar-refractivity contribution in [1.29, 1.82) is 0 Å². The zero-order chi connectivity index (χ0) is 20.0. The predicted molar refractivity (Wildman–Crippen MR) is 103 cm³/mol. The van der Waals surface area contributed by atoms with Crippen molar-refractivity contribution in [2.24, 2.45) is 0 Å². The number of amides is 1. The fourth-order valence-electron chi connectivity index (χ4n) is 2.75. The number of halogens is 4. The summed E-state index contributed by atoms with van der Waals surface area (Å²) < 4.78 is 41.9. The molecule has 142 valence electrons. The molecule has 2 aromatic heterocycles. The Bertz CT molecular complexity index is 1230. The summed E-state index contributed by atoms with van der Waals surface area (Å²) in [7, 11) is 0. The van der Waals surface area contributed by atoms with Gasteiger partial charge in [-0.05, 0) is 37.3 Å². The molecular weight excluding hydrogens is 411 g/mol. The van der Waals surface area contributed by atoms with E-state index in [1.807, 2.05) is 6.07 Å². The summed E-state index contributed by atoms with van der Waals surface area (Å²) in [4.78, 5) is 13.5. The van der Waals surface area contributed by atoms with Crippen molar-refractivity contribution in [3.8, 4) is 5.69 Å². The number of nitrogens with zero attached hydrogens (tertiary/aromatic N) is 2. The van der Waals surface area contributed by atoms with Crippen molar-refractivity contribution in [2.45, 2.75) is 6.92 Å². The van der Waals surface area contributed by atoms with Gasteiger partial charge in [-0.25, -0.2) is 17.9 Å². The van der Waals surface area contributed by atoms with Gasteiger partial charge in [-0.1, -0.05) is 23.7 Å². The van der Waals surface area contributed by atoms with Gasteiger partial charge in [0.1, 0.15) is 4.83 Å². The normalized spacial score (nSPS) is 11.2. The molecule has 28 heavy (non-hydrogen) atoms. The number of benzene rings is 2. The Kier molecular flexibility index (Phi) is 4.60. The minimum atomic E-state index is -1.64. The van der Waals surface area contributed by atoms with Crippen LogP contribution < -0.4 is 5.32 Å². The highest BCUT2D eigenvalue weighted by atomic mass is 35.5. The largest absolute Gasteiger partial charge is 0.319 e. The first-order chi connectivity index (χ1) is 13.4. The molecule has 0 bridgehead atoms. The smallest absolute Gasteiger partial charge is 0.265 e. The molecule has 2 aromatic carbocycles. The number of carbonyl (C=O) groups is 1. The molecule has 0 aliphatic heterocycles. The first kappa shape index (κ1) is 18.5. The Hall–Kier alpha value is -2.84. The van der Waals surface area contributed by atoms with Crippen LogP contribution in [0.5, 0.6) is 0 Å². The van der Waals surface area contributed by atoms with E-state index in [1.165, 1.54) is 0 Å². The highest BCUT2D eigenvalue weighted by molar-refractivity contribution is 7.20. The van der Waals surface area contributed by atoms with Gasteiger partial charge in [0, 0.05) is 5.39 Å². The summed E-state index contributed by atoms with van der Waals surface area (Å²) in [5.74, 6) is -5.06. The second kappa shape index (κ2) is 6.96. The molecule has 4 aromatic rings. The van der Waals surface area contributed by atoms with E-state index >= 15 is 0 Å². The van der Waals surface area contributed by atoms with Gasteiger partial charge >= 0.3 is 0 Å². The second-order valence-corrected chi connectivity index (χ2v) is 7.39. The Labute approximate surface area is 166 Å². The minimum absolute atomic E-state index is 0.264. The van der Waals surface area contributed by atoms with E-state index in [-0.39, 0.29) is 4.88 Å². The van der Waals surface area contributed by atoms with Crippen LogP contribution >= 0.6 is 22.9 Å². The average Bonchev–Trinajstić information content (AvgIpc) is 3.24. The van der Waals surface area contributed by atoms with Crippen molar-refractivity contribution in [3.05, 3.63) is 75.5 Å². The molecule has 1 N–H and O–H groups in total. The number of aryl methyl sites for hydroxylation is 1. The highest BCUT2D eigenvalue weighted by Crippen LogP contribution is 2.33. The number of rotatable bonds is 3. The van der Waals surface area contributed by atoms with Crippen LogP contribution in [0.3, 0.4) is 0 Å². The molecule has 0 saturated carbocycles. The van der Waals surface area contributed by atoms with Gasteiger partial charge < -0.3 is 5.32 Å². The Balaban J connectivity index is 1.73. The third-order valence-corrected chi connectivity index (χ3v) is 5.56. The van der Waals surface area contributed by atoms with E-state index in [4.69, 9.17) is 11.6 Å². The number of aromatic nitrogens is 2. The zero-order valence-electron chi connectivity index (χ0n) is 14.3. The number of nitrogens with one attached hydrogen (secondary N) is 1. The standard InChI is InChI=1S/C19H11ClF3N3OS/c1-9-10-8-15(18(27)24-13-7-6-12(21)16(22)17(13)23)28-19(10)26(25-9)14-5-3-2-4-11(14)20/h2-8H,1H3,(H,24,27). The predicted octanol–water partition coefficient (Wildman–Crippen LogP) is 5.72. The van der Waals surface area contributed by atoms with Crippen LogP contribution in [0.25, 0.3) is 15.9 Å². The van der Waals surface area contributed by atoms with Crippen LogP contribution in [0.2, 0.25) is 5.02 Å². The summed E-state index contributed by atoms with van der Waals surface area (Å²) in [5, 5.41) is 7.96. The molecule has 0 spiro atoms. The molecule has 0 aliphatic carbocycles. The number of hydrogen-bond acceptors (Lipinski definition) is 3. The topological polar surface area (TPSA) is 46.9 Å². The van der Waals surface area contributed by atoms with Gasteiger partial charge in [-0.3, -0.25) is 4.79 Å². The van der Waals surface area contributed by atoms with Crippen LogP contribution in [-0.2, 0) is 0 Å². The van der Waals surface area contributed by atoms with Crippen LogP contribution in [0, 0.1) is 24.4 Å². The number of anilines is 1. The van der Waals surface area contributed by atoms with Crippen molar-refractivity contribution in [1.82, 2.24) is 9.78 Å². The van der Waals surface area contributed by atoms with Crippen LogP contribution in [0.4, 0.5) is 18.9 Å². The van der Waals surface area contributed by atoms with Crippen molar-refractivity contribution >= 4 is 44.7 Å².